The van der Waals surface area contributed by atoms with Crippen LogP contribution in [0.3, 0.4) is 0 Å². The molecule has 44 heavy (non-hydrogen) atoms. The molecule has 1 aromatic heterocycles. The molecule has 11 heteroatoms. The summed E-state index contributed by atoms with van der Waals surface area (Å²) >= 11 is 0. The molecule has 1 aromatic carbocycles. The first-order valence-electron chi connectivity index (χ1n) is 16.2. The van der Waals surface area contributed by atoms with Crippen LogP contribution in [-0.4, -0.2) is 70.2 Å². The number of fused-ring (bicyclic) bond motifs is 1. The summed E-state index contributed by atoms with van der Waals surface area (Å²) in [5.41, 5.74) is 2.06. The van der Waals surface area contributed by atoms with E-state index in [4.69, 9.17) is 0 Å². The molecular weight excluding hydrogens is 558 g/mol. The lowest BCUT2D eigenvalue weighted by atomic mass is 9.88. The average Bonchev–Trinajstić information content (AvgIpc) is 3.96. The van der Waals surface area contributed by atoms with Gasteiger partial charge in [0.2, 0.25) is 11.8 Å². The number of hydrogen-bond acceptors (Lipinski definition) is 5. The summed E-state index contributed by atoms with van der Waals surface area (Å²) in [6.45, 7) is 5.18. The third-order valence-electron chi connectivity index (χ3n) is 10.6. The Bertz CT molecular complexity index is 1490. The van der Waals surface area contributed by atoms with Gasteiger partial charge in [0.25, 0.3) is 5.91 Å². The van der Waals surface area contributed by atoms with Gasteiger partial charge in [-0.15, -0.1) is 0 Å². The maximum atomic E-state index is 14.0. The summed E-state index contributed by atoms with van der Waals surface area (Å²) in [5.74, 6) is 0.281. The number of carbonyl (C=O) groups excluding carboxylic acids is 4. The van der Waals surface area contributed by atoms with Crippen LogP contribution < -0.4 is 21.3 Å². The fourth-order valence-corrected chi connectivity index (χ4v) is 7.69. The van der Waals surface area contributed by atoms with Gasteiger partial charge in [0.05, 0.1) is 0 Å². The van der Waals surface area contributed by atoms with Crippen molar-refractivity contribution in [3.63, 3.8) is 0 Å². The number of nitrogens with one attached hydrogen (secondary N) is 4. The Morgan fingerprint density at radius 1 is 1.02 bits per heavy atom. The van der Waals surface area contributed by atoms with E-state index in [2.05, 4.69) is 26.4 Å². The lowest BCUT2D eigenvalue weighted by Crippen LogP contribution is -2.67. The number of carbonyl (C=O) groups is 4. The van der Waals surface area contributed by atoms with E-state index in [1.54, 1.807) is 28.9 Å². The molecule has 4 fully saturated rings. The van der Waals surface area contributed by atoms with Crippen molar-refractivity contribution in [2.24, 2.45) is 23.2 Å². The van der Waals surface area contributed by atoms with Gasteiger partial charge in [-0.2, -0.15) is 5.10 Å². The first-order valence-corrected chi connectivity index (χ1v) is 16.2. The summed E-state index contributed by atoms with van der Waals surface area (Å²) in [5, 5.41) is 16.4. The molecule has 2 aromatic rings. The number of anilines is 1. The number of benzene rings is 1. The molecule has 1 spiro atoms. The van der Waals surface area contributed by atoms with Crippen molar-refractivity contribution in [3.8, 4) is 0 Å². The SMILES string of the molecule is CNC(=O)C1(N2CC3(CC3)CNC2=O)Cc2ccc(NC(=O)[C@@H](NC(=O)c3ccnn3C(C)C)C(C3CC3)C3CC3)cc2C1. The topological polar surface area (TPSA) is 137 Å². The standard InChI is InChI=1S/C33H43N7O4/c1-19(2)40-25(10-13-36-40)28(41)38-27(26(20-4-5-20)21-6-7-21)29(42)37-24-9-8-22-15-33(30(43)34-3,16-23(22)14-24)39-18-32(11-12-32)17-35-31(39)44/h8-10,13-14,19-21,26-27H,4-7,11-12,15-18H2,1-3H3,(H,34,43)(H,35,44)(H,37,42)(H,38,41)/t27-,33?/m0/s1. The van der Waals surface area contributed by atoms with Gasteiger partial charge < -0.3 is 26.2 Å². The minimum Gasteiger partial charge on any atom is -0.357 e. The lowest BCUT2D eigenvalue weighted by Gasteiger charge is -2.44. The van der Waals surface area contributed by atoms with Crippen molar-refractivity contribution in [2.75, 3.05) is 25.5 Å². The van der Waals surface area contributed by atoms with Crippen LogP contribution in [0.4, 0.5) is 10.5 Å². The minimum absolute atomic E-state index is 0.0137. The molecule has 1 aliphatic heterocycles. The summed E-state index contributed by atoms with van der Waals surface area (Å²) in [7, 11) is 1.62. The highest BCUT2D eigenvalue weighted by Gasteiger charge is 2.57. The van der Waals surface area contributed by atoms with Crippen molar-refractivity contribution in [2.45, 2.75) is 82.8 Å². The van der Waals surface area contributed by atoms with Crippen LogP contribution in [0.15, 0.2) is 30.5 Å². The zero-order chi connectivity index (χ0) is 30.8. The predicted molar refractivity (Wildman–Crippen MR) is 164 cm³/mol. The zero-order valence-corrected chi connectivity index (χ0v) is 25.8. The molecule has 0 bridgehead atoms. The normalized spacial score (nSPS) is 24.2. The van der Waals surface area contributed by atoms with Crippen LogP contribution in [0.5, 0.6) is 0 Å². The summed E-state index contributed by atoms with van der Waals surface area (Å²) in [6.07, 6.45) is 8.84. The second kappa shape index (κ2) is 10.6. The van der Waals surface area contributed by atoms with E-state index in [9.17, 15) is 19.2 Å². The van der Waals surface area contributed by atoms with Crippen molar-refractivity contribution >= 4 is 29.4 Å². The highest BCUT2D eigenvalue weighted by Crippen LogP contribution is 2.51. The molecule has 234 valence electrons. The van der Waals surface area contributed by atoms with Gasteiger partial charge in [0.1, 0.15) is 17.3 Å². The van der Waals surface area contributed by atoms with Gasteiger partial charge >= 0.3 is 6.03 Å². The number of likely N-dealkylation sites (N-methyl/N-ethyl adjacent to an activating group) is 1. The molecule has 5 aliphatic rings. The van der Waals surface area contributed by atoms with Gasteiger partial charge in [-0.1, -0.05) is 6.07 Å². The smallest absolute Gasteiger partial charge is 0.318 e. The fraction of sp³-hybridized carbons (Fsp3) is 0.606. The van der Waals surface area contributed by atoms with E-state index in [0.717, 1.165) is 49.7 Å². The summed E-state index contributed by atoms with van der Waals surface area (Å²) in [6, 6.07) is 6.60. The minimum atomic E-state index is -1.02. The molecule has 0 radical (unpaired) electrons. The van der Waals surface area contributed by atoms with Crippen molar-refractivity contribution in [1.29, 1.82) is 0 Å². The van der Waals surface area contributed by atoms with Gasteiger partial charge in [-0.3, -0.25) is 19.1 Å². The Morgan fingerprint density at radius 2 is 1.73 bits per heavy atom. The van der Waals surface area contributed by atoms with Gasteiger partial charge in [-0.25, -0.2) is 4.79 Å². The third kappa shape index (κ3) is 5.13. The number of hydrogen-bond donors (Lipinski definition) is 4. The monoisotopic (exact) mass is 601 g/mol. The number of rotatable bonds is 10. The van der Waals surface area contributed by atoms with Crippen molar-refractivity contribution in [3.05, 3.63) is 47.3 Å². The third-order valence-corrected chi connectivity index (χ3v) is 10.6. The Balaban J connectivity index is 1.13. The molecule has 3 saturated carbocycles. The Labute approximate surface area is 257 Å². The lowest BCUT2D eigenvalue weighted by molar-refractivity contribution is -0.131. The molecule has 5 amide bonds. The van der Waals surface area contributed by atoms with E-state index in [1.807, 2.05) is 32.0 Å². The molecule has 4 N–H and O–H groups in total. The van der Waals surface area contributed by atoms with E-state index in [-0.39, 0.29) is 41.1 Å². The van der Waals surface area contributed by atoms with Gasteiger partial charge in [0.15, 0.2) is 0 Å². The zero-order valence-electron chi connectivity index (χ0n) is 25.8. The van der Waals surface area contributed by atoms with Crippen LogP contribution in [-0.2, 0) is 22.4 Å². The molecule has 2 heterocycles. The van der Waals surface area contributed by atoms with E-state index in [0.29, 0.717) is 49.1 Å². The maximum absolute atomic E-state index is 14.0. The van der Waals surface area contributed by atoms with Crippen LogP contribution >= 0.6 is 0 Å². The quantitative estimate of drug-likeness (QED) is 0.332. The largest absolute Gasteiger partial charge is 0.357 e. The number of amides is 5. The summed E-state index contributed by atoms with van der Waals surface area (Å²) < 4.78 is 1.68. The highest BCUT2D eigenvalue weighted by molar-refractivity contribution is 6.01. The number of aromatic nitrogens is 2. The molecule has 1 saturated heterocycles. The predicted octanol–water partition coefficient (Wildman–Crippen LogP) is 3.03. The van der Waals surface area contributed by atoms with Crippen LogP contribution in [0.25, 0.3) is 0 Å². The second-order valence-electron chi connectivity index (χ2n) is 14.1. The fourth-order valence-electron chi connectivity index (χ4n) is 7.69. The molecule has 2 atom stereocenters. The van der Waals surface area contributed by atoms with Crippen LogP contribution in [0.2, 0.25) is 0 Å². The van der Waals surface area contributed by atoms with Gasteiger partial charge in [0, 0.05) is 56.3 Å². The first kappa shape index (κ1) is 28.9. The van der Waals surface area contributed by atoms with E-state index >= 15 is 0 Å². The molecular formula is C33H43N7O4. The van der Waals surface area contributed by atoms with Crippen molar-refractivity contribution in [1.82, 2.24) is 30.6 Å². The molecule has 1 unspecified atom stereocenters. The highest BCUT2D eigenvalue weighted by atomic mass is 16.2. The van der Waals surface area contributed by atoms with Crippen molar-refractivity contribution < 1.29 is 19.2 Å². The van der Waals surface area contributed by atoms with Crippen LogP contribution in [0.1, 0.15) is 80.0 Å². The van der Waals surface area contributed by atoms with Crippen LogP contribution in [0, 0.1) is 23.2 Å². The molecule has 11 nitrogen and oxygen atoms in total. The molecule has 7 rings (SSSR count). The second-order valence-corrected chi connectivity index (χ2v) is 14.1. The summed E-state index contributed by atoms with van der Waals surface area (Å²) in [4.78, 5) is 55.9. The van der Waals surface area contributed by atoms with Gasteiger partial charge in [-0.05, 0) is 99.5 Å². The molecule has 4 aliphatic carbocycles. The number of nitrogens with zero attached hydrogens (tertiary/aromatic N) is 3. The average molecular weight is 602 g/mol. The van der Waals surface area contributed by atoms with E-state index in [1.165, 1.54) is 0 Å². The Hall–Kier alpha value is -3.89. The number of urea groups is 1. The maximum Gasteiger partial charge on any atom is 0.318 e. The Morgan fingerprint density at radius 3 is 2.36 bits per heavy atom. The van der Waals surface area contributed by atoms with E-state index < -0.39 is 11.6 Å². The Kier molecular flexibility index (Phi) is 6.97. The first-order chi connectivity index (χ1) is 21.1.